The van der Waals surface area contributed by atoms with Gasteiger partial charge in [-0.1, -0.05) is 27.0 Å². The first-order valence-electron chi connectivity index (χ1n) is 12.7. The van der Waals surface area contributed by atoms with E-state index in [0.717, 1.165) is 57.0 Å². The summed E-state index contributed by atoms with van der Waals surface area (Å²) < 4.78 is 22.0. The average molecular weight is 465 g/mol. The summed E-state index contributed by atoms with van der Waals surface area (Å²) in [6.45, 7) is 13.6. The highest BCUT2D eigenvalue weighted by molar-refractivity contribution is 5.81. The minimum atomic E-state index is -0.393. The van der Waals surface area contributed by atoms with E-state index in [1.165, 1.54) is 37.8 Å². The van der Waals surface area contributed by atoms with Crippen LogP contribution in [0.5, 0.6) is 0 Å². The third kappa shape index (κ3) is 9.62. The van der Waals surface area contributed by atoms with Gasteiger partial charge in [0.2, 0.25) is 0 Å². The molecule has 0 atom stereocenters. The Morgan fingerprint density at radius 1 is 0.697 bits per heavy atom. The molecule has 0 aromatic heterocycles. The maximum Gasteiger partial charge on any atom is 0.330 e. The van der Waals surface area contributed by atoms with Crippen molar-refractivity contribution in [3.63, 3.8) is 0 Å². The van der Waals surface area contributed by atoms with Gasteiger partial charge >= 0.3 is 11.9 Å². The number of esters is 2. The largest absolute Gasteiger partial charge is 0.463 e. The molecule has 0 spiro atoms. The third-order valence-electron chi connectivity index (χ3n) is 7.60. The maximum absolute atomic E-state index is 11.1. The zero-order valence-electron chi connectivity index (χ0n) is 20.7. The molecule has 33 heavy (non-hydrogen) atoms. The van der Waals surface area contributed by atoms with Crippen LogP contribution < -0.4 is 0 Å². The SMILES string of the molecule is C=CC(=O)OCCCCOC1CCC(C(C)(C)C2CCC(OCCOC(=O)C=C)CC2)CC1. The van der Waals surface area contributed by atoms with Crippen molar-refractivity contribution in [3.8, 4) is 0 Å². The van der Waals surface area contributed by atoms with Gasteiger partial charge in [0.05, 0.1) is 25.4 Å². The second-order valence-corrected chi connectivity index (χ2v) is 9.96. The lowest BCUT2D eigenvalue weighted by molar-refractivity contribution is -0.140. The van der Waals surface area contributed by atoms with Crippen molar-refractivity contribution < 1.29 is 28.5 Å². The van der Waals surface area contributed by atoms with E-state index >= 15 is 0 Å². The molecule has 0 aromatic rings. The van der Waals surface area contributed by atoms with Crippen molar-refractivity contribution in [2.45, 2.75) is 90.3 Å². The van der Waals surface area contributed by atoms with Crippen LogP contribution in [-0.2, 0) is 28.5 Å². The topological polar surface area (TPSA) is 71.1 Å². The fourth-order valence-corrected chi connectivity index (χ4v) is 5.38. The molecule has 2 saturated carbocycles. The lowest BCUT2D eigenvalue weighted by Gasteiger charge is -2.46. The highest BCUT2D eigenvalue weighted by Crippen LogP contribution is 2.48. The van der Waals surface area contributed by atoms with E-state index in [2.05, 4.69) is 27.0 Å². The molecule has 6 nitrogen and oxygen atoms in total. The van der Waals surface area contributed by atoms with Crippen LogP contribution in [0.15, 0.2) is 25.3 Å². The monoisotopic (exact) mass is 464 g/mol. The molecule has 0 N–H and O–H groups in total. The molecule has 2 aliphatic rings. The number of carbonyl (C=O) groups excluding carboxylic acids is 2. The Balaban J connectivity index is 1.59. The van der Waals surface area contributed by atoms with E-state index in [1.807, 2.05) is 0 Å². The van der Waals surface area contributed by atoms with Crippen LogP contribution in [-0.4, -0.2) is 50.6 Å². The van der Waals surface area contributed by atoms with Gasteiger partial charge in [-0.15, -0.1) is 0 Å². The van der Waals surface area contributed by atoms with Crippen LogP contribution in [0.2, 0.25) is 0 Å². The number of carbonyl (C=O) groups is 2. The second kappa shape index (κ2) is 14.6. The Morgan fingerprint density at radius 3 is 1.61 bits per heavy atom. The van der Waals surface area contributed by atoms with Crippen molar-refractivity contribution in [2.75, 3.05) is 26.4 Å². The molecule has 0 amide bonds. The smallest absolute Gasteiger partial charge is 0.330 e. The Morgan fingerprint density at radius 2 is 1.12 bits per heavy atom. The minimum Gasteiger partial charge on any atom is -0.463 e. The van der Waals surface area contributed by atoms with Gasteiger partial charge in [0.1, 0.15) is 6.61 Å². The first-order chi connectivity index (χ1) is 15.9. The van der Waals surface area contributed by atoms with Crippen molar-refractivity contribution >= 4 is 11.9 Å². The van der Waals surface area contributed by atoms with Crippen LogP contribution >= 0.6 is 0 Å². The molecule has 0 radical (unpaired) electrons. The van der Waals surface area contributed by atoms with Crippen LogP contribution in [0.1, 0.15) is 78.1 Å². The number of unbranched alkanes of at least 4 members (excludes halogenated alkanes) is 1. The summed E-state index contributed by atoms with van der Waals surface area (Å²) >= 11 is 0. The average Bonchev–Trinajstić information content (AvgIpc) is 2.84. The normalized spacial score (nSPS) is 25.8. The van der Waals surface area contributed by atoms with Gasteiger partial charge in [0.15, 0.2) is 0 Å². The molecule has 2 fully saturated rings. The van der Waals surface area contributed by atoms with Gasteiger partial charge in [-0.2, -0.15) is 0 Å². The Hall–Kier alpha value is -1.66. The summed E-state index contributed by atoms with van der Waals surface area (Å²) in [7, 11) is 0. The number of hydrogen-bond donors (Lipinski definition) is 0. The standard InChI is InChI=1S/C27H44O6/c1-5-25(28)32-18-8-7-17-30-23-13-9-21(10-14-23)27(3,4)22-11-15-24(16-12-22)31-19-20-33-26(29)6-2/h5-6,21-24H,1-2,7-20H2,3-4H3. The predicted molar refractivity (Wildman–Crippen MR) is 129 cm³/mol. The third-order valence-corrected chi connectivity index (χ3v) is 7.60. The van der Waals surface area contributed by atoms with E-state index in [9.17, 15) is 9.59 Å². The van der Waals surface area contributed by atoms with E-state index in [1.54, 1.807) is 0 Å². The lowest BCUT2D eigenvalue weighted by atomic mass is 9.60. The van der Waals surface area contributed by atoms with Crippen molar-refractivity contribution in [2.24, 2.45) is 17.3 Å². The molecule has 2 aliphatic carbocycles. The van der Waals surface area contributed by atoms with Crippen LogP contribution in [0.3, 0.4) is 0 Å². The van der Waals surface area contributed by atoms with Gasteiger partial charge < -0.3 is 18.9 Å². The molecule has 0 saturated heterocycles. The second-order valence-electron chi connectivity index (χ2n) is 9.96. The summed E-state index contributed by atoms with van der Waals surface area (Å²) in [5, 5.41) is 0. The molecule has 2 rings (SSSR count). The highest BCUT2D eigenvalue weighted by Gasteiger charge is 2.40. The van der Waals surface area contributed by atoms with Gasteiger partial charge in [0, 0.05) is 18.8 Å². The van der Waals surface area contributed by atoms with Crippen LogP contribution in [0.25, 0.3) is 0 Å². The Bertz CT molecular complexity index is 612. The fourth-order valence-electron chi connectivity index (χ4n) is 5.38. The van der Waals surface area contributed by atoms with E-state index in [-0.39, 0.29) is 12.1 Å². The summed E-state index contributed by atoms with van der Waals surface area (Å²) in [6.07, 6.45) is 14.1. The van der Waals surface area contributed by atoms with Crippen LogP contribution in [0, 0.1) is 17.3 Å². The highest BCUT2D eigenvalue weighted by atomic mass is 16.6. The van der Waals surface area contributed by atoms with E-state index < -0.39 is 5.97 Å². The first kappa shape index (κ1) is 27.6. The molecular weight excluding hydrogens is 420 g/mol. The number of hydrogen-bond acceptors (Lipinski definition) is 6. The van der Waals surface area contributed by atoms with Gasteiger partial charge in [-0.05, 0) is 81.5 Å². The number of rotatable bonds is 14. The Kier molecular flexibility index (Phi) is 12.2. The molecule has 0 aromatic carbocycles. The van der Waals surface area contributed by atoms with Gasteiger partial charge in [-0.3, -0.25) is 0 Å². The molecule has 6 heteroatoms. The molecule has 0 heterocycles. The van der Waals surface area contributed by atoms with Crippen molar-refractivity contribution in [1.82, 2.24) is 0 Å². The van der Waals surface area contributed by atoms with E-state index in [4.69, 9.17) is 18.9 Å². The molecule has 0 bridgehead atoms. The fraction of sp³-hybridized carbons (Fsp3) is 0.778. The first-order valence-corrected chi connectivity index (χ1v) is 12.7. The summed E-state index contributed by atoms with van der Waals surface area (Å²) in [5.41, 5.74) is 0.338. The zero-order valence-corrected chi connectivity index (χ0v) is 20.7. The molecular formula is C27H44O6. The maximum atomic E-state index is 11.1. The summed E-state index contributed by atoms with van der Waals surface area (Å²) in [4.78, 5) is 22.1. The van der Waals surface area contributed by atoms with E-state index in [0.29, 0.717) is 31.3 Å². The number of ether oxygens (including phenoxy) is 4. The van der Waals surface area contributed by atoms with Gasteiger partial charge in [0.25, 0.3) is 0 Å². The lowest BCUT2D eigenvalue weighted by Crippen LogP contribution is -2.39. The van der Waals surface area contributed by atoms with Crippen LogP contribution in [0.4, 0.5) is 0 Å². The van der Waals surface area contributed by atoms with Crippen molar-refractivity contribution in [3.05, 3.63) is 25.3 Å². The Labute approximate surface area is 200 Å². The quantitative estimate of drug-likeness (QED) is 0.195. The molecule has 188 valence electrons. The minimum absolute atomic E-state index is 0.281. The predicted octanol–water partition coefficient (Wildman–Crippen LogP) is 5.40. The summed E-state index contributed by atoms with van der Waals surface area (Å²) in [6, 6.07) is 0. The molecule has 0 aliphatic heterocycles. The summed E-state index contributed by atoms with van der Waals surface area (Å²) in [5.74, 6) is 0.730. The van der Waals surface area contributed by atoms with Crippen molar-refractivity contribution in [1.29, 1.82) is 0 Å². The zero-order chi connectivity index (χ0) is 24.1. The van der Waals surface area contributed by atoms with Gasteiger partial charge in [-0.25, -0.2) is 9.59 Å². The molecule has 0 unspecified atom stereocenters.